The summed E-state index contributed by atoms with van der Waals surface area (Å²) < 4.78 is 0. The molecule has 26 heavy (non-hydrogen) atoms. The van der Waals surface area contributed by atoms with Gasteiger partial charge >= 0.3 is 0 Å². The molecule has 2 heterocycles. The van der Waals surface area contributed by atoms with E-state index in [1.54, 1.807) is 30.5 Å². The molecule has 0 aliphatic heterocycles. The number of nitrogens with zero attached hydrogens (tertiary/aromatic N) is 1. The molecular weight excluding hydrogens is 352 g/mol. The summed E-state index contributed by atoms with van der Waals surface area (Å²) in [5.74, 6) is -1.63. The van der Waals surface area contributed by atoms with Gasteiger partial charge in [0.25, 0.3) is 0 Å². The number of H-pyrrole nitrogens is 1. The van der Waals surface area contributed by atoms with Crippen molar-refractivity contribution in [1.82, 2.24) is 9.97 Å². The van der Waals surface area contributed by atoms with Crippen molar-refractivity contribution in [3.8, 4) is 0 Å². The molecule has 2 aromatic heterocycles. The SMILES string of the molecule is CC(C)(C)c1ccnc(C(=O)c2[nH]c3ccc(Cl)cc3c2CC(=O)[O-])c1. The highest BCUT2D eigenvalue weighted by Gasteiger charge is 2.22. The van der Waals surface area contributed by atoms with Gasteiger partial charge in [0, 0.05) is 34.5 Å². The Bertz CT molecular complexity index is 1020. The van der Waals surface area contributed by atoms with Crippen LogP contribution in [0, 0.1) is 0 Å². The van der Waals surface area contributed by atoms with E-state index in [0.717, 1.165) is 5.56 Å². The van der Waals surface area contributed by atoms with Gasteiger partial charge in [-0.15, -0.1) is 0 Å². The molecule has 0 unspecified atom stereocenters. The summed E-state index contributed by atoms with van der Waals surface area (Å²) in [5, 5.41) is 12.3. The van der Waals surface area contributed by atoms with Crippen molar-refractivity contribution in [1.29, 1.82) is 0 Å². The zero-order valence-corrected chi connectivity index (χ0v) is 15.5. The molecule has 1 aromatic carbocycles. The molecule has 134 valence electrons. The lowest BCUT2D eigenvalue weighted by Crippen LogP contribution is -2.25. The smallest absolute Gasteiger partial charge is 0.227 e. The Morgan fingerprint density at radius 1 is 1.19 bits per heavy atom. The molecule has 0 saturated carbocycles. The van der Waals surface area contributed by atoms with Crippen LogP contribution < -0.4 is 5.11 Å². The number of ketones is 1. The molecule has 0 amide bonds. The monoisotopic (exact) mass is 369 g/mol. The molecule has 0 saturated heterocycles. The molecular formula is C20H18ClN2O3-. The molecule has 0 fully saturated rings. The Morgan fingerprint density at radius 3 is 2.58 bits per heavy atom. The number of carboxylic acid groups (broad SMARTS) is 1. The number of carbonyl (C=O) groups is 2. The molecule has 5 nitrogen and oxygen atoms in total. The zero-order valence-electron chi connectivity index (χ0n) is 14.7. The third kappa shape index (κ3) is 3.48. The van der Waals surface area contributed by atoms with Crippen molar-refractivity contribution < 1.29 is 14.7 Å². The summed E-state index contributed by atoms with van der Waals surface area (Å²) in [4.78, 5) is 31.4. The topological polar surface area (TPSA) is 85.9 Å². The number of fused-ring (bicyclic) bond motifs is 1. The van der Waals surface area contributed by atoms with Crippen molar-refractivity contribution in [2.75, 3.05) is 0 Å². The molecule has 1 N–H and O–H groups in total. The Hall–Kier alpha value is -2.66. The maximum atomic E-state index is 13.0. The van der Waals surface area contributed by atoms with E-state index in [4.69, 9.17) is 11.6 Å². The Kier molecular flexibility index (Phi) is 4.59. The molecule has 0 aliphatic rings. The van der Waals surface area contributed by atoms with Gasteiger partial charge in [0.05, 0.1) is 5.69 Å². The number of hydrogen-bond acceptors (Lipinski definition) is 4. The van der Waals surface area contributed by atoms with Gasteiger partial charge in [-0.05, 0) is 46.9 Å². The number of pyridine rings is 1. The van der Waals surface area contributed by atoms with Gasteiger partial charge in [-0.25, -0.2) is 0 Å². The first-order valence-corrected chi connectivity index (χ1v) is 8.56. The van der Waals surface area contributed by atoms with Crippen LogP contribution in [0.4, 0.5) is 0 Å². The number of aromatic amines is 1. The van der Waals surface area contributed by atoms with E-state index < -0.39 is 5.97 Å². The predicted molar refractivity (Wildman–Crippen MR) is 98.4 cm³/mol. The normalized spacial score (nSPS) is 11.7. The number of benzene rings is 1. The Balaban J connectivity index is 2.15. The summed E-state index contributed by atoms with van der Waals surface area (Å²) in [7, 11) is 0. The molecule has 3 aromatic rings. The van der Waals surface area contributed by atoms with Crippen LogP contribution in [0.2, 0.25) is 5.02 Å². The summed E-state index contributed by atoms with van der Waals surface area (Å²) >= 11 is 6.03. The number of carboxylic acids is 1. The lowest BCUT2D eigenvalue weighted by molar-refractivity contribution is -0.304. The van der Waals surface area contributed by atoms with Crippen molar-refractivity contribution in [3.63, 3.8) is 0 Å². The third-order valence-electron chi connectivity index (χ3n) is 4.27. The highest BCUT2D eigenvalue weighted by molar-refractivity contribution is 6.31. The van der Waals surface area contributed by atoms with Gasteiger partial charge in [0.15, 0.2) is 0 Å². The van der Waals surface area contributed by atoms with Crippen LogP contribution in [0.3, 0.4) is 0 Å². The van der Waals surface area contributed by atoms with Crippen molar-refractivity contribution >= 4 is 34.3 Å². The third-order valence-corrected chi connectivity index (χ3v) is 4.51. The largest absolute Gasteiger partial charge is 0.550 e. The fourth-order valence-corrected chi connectivity index (χ4v) is 3.06. The lowest BCUT2D eigenvalue weighted by atomic mass is 9.87. The second kappa shape index (κ2) is 6.57. The quantitative estimate of drug-likeness (QED) is 0.716. The van der Waals surface area contributed by atoms with Crippen LogP contribution in [-0.4, -0.2) is 21.7 Å². The van der Waals surface area contributed by atoms with Crippen molar-refractivity contribution in [2.24, 2.45) is 0 Å². The van der Waals surface area contributed by atoms with Gasteiger partial charge in [0.2, 0.25) is 5.78 Å². The Labute approximate surface area is 156 Å². The molecule has 0 bridgehead atoms. The first kappa shape index (κ1) is 18.1. The lowest BCUT2D eigenvalue weighted by Gasteiger charge is -2.19. The Morgan fingerprint density at radius 2 is 1.92 bits per heavy atom. The maximum Gasteiger partial charge on any atom is 0.227 e. The van der Waals surface area contributed by atoms with Crippen LogP contribution in [0.25, 0.3) is 10.9 Å². The summed E-state index contributed by atoms with van der Waals surface area (Å²) in [6.07, 6.45) is 1.20. The number of nitrogens with one attached hydrogen (secondary N) is 1. The number of halogens is 1. The average molecular weight is 370 g/mol. The van der Waals surface area contributed by atoms with Gasteiger partial charge < -0.3 is 14.9 Å². The van der Waals surface area contributed by atoms with Crippen LogP contribution in [0.5, 0.6) is 0 Å². The van der Waals surface area contributed by atoms with Gasteiger partial charge in [-0.1, -0.05) is 32.4 Å². The summed E-state index contributed by atoms with van der Waals surface area (Å²) in [6, 6.07) is 8.64. The second-order valence-corrected chi connectivity index (χ2v) is 7.66. The van der Waals surface area contributed by atoms with Crippen molar-refractivity contribution in [2.45, 2.75) is 32.6 Å². The van der Waals surface area contributed by atoms with E-state index in [1.165, 1.54) is 0 Å². The minimum Gasteiger partial charge on any atom is -0.550 e. The number of carbonyl (C=O) groups excluding carboxylic acids is 2. The van der Waals surface area contributed by atoms with E-state index in [0.29, 0.717) is 21.5 Å². The van der Waals surface area contributed by atoms with Crippen LogP contribution in [-0.2, 0) is 16.6 Å². The molecule has 0 spiro atoms. The first-order valence-electron chi connectivity index (χ1n) is 8.18. The number of rotatable bonds is 4. The van der Waals surface area contributed by atoms with Gasteiger partial charge in [0.1, 0.15) is 5.69 Å². The van der Waals surface area contributed by atoms with Crippen LogP contribution in [0.1, 0.15) is 48.1 Å². The number of aromatic nitrogens is 2. The highest BCUT2D eigenvalue weighted by atomic mass is 35.5. The predicted octanol–water partition coefficient (Wildman–Crippen LogP) is 3.04. The van der Waals surface area contributed by atoms with Crippen LogP contribution >= 0.6 is 11.6 Å². The molecule has 0 atom stereocenters. The standard InChI is InChI=1S/C20H19ClN2O3/c1-20(2,3)11-6-7-22-16(8-11)19(26)18-14(10-17(24)25)13-9-12(21)4-5-15(13)23-18/h4-9,23H,10H2,1-3H3,(H,24,25)/p-1. The molecule has 0 aliphatic carbocycles. The molecule has 0 radical (unpaired) electrons. The van der Waals surface area contributed by atoms with Crippen molar-refractivity contribution in [3.05, 3.63) is 64.1 Å². The zero-order chi connectivity index (χ0) is 19.1. The minimum absolute atomic E-state index is 0.139. The first-order chi connectivity index (χ1) is 12.2. The van der Waals surface area contributed by atoms with E-state index >= 15 is 0 Å². The molecule has 3 rings (SSSR count). The minimum atomic E-state index is -1.27. The number of aliphatic carboxylic acids is 1. The molecule has 6 heteroatoms. The summed E-state index contributed by atoms with van der Waals surface area (Å²) in [6.45, 7) is 6.13. The highest BCUT2D eigenvalue weighted by Crippen LogP contribution is 2.28. The van der Waals surface area contributed by atoms with Gasteiger partial charge in [-0.2, -0.15) is 0 Å². The maximum absolute atomic E-state index is 13.0. The van der Waals surface area contributed by atoms with E-state index in [-0.39, 0.29) is 29.0 Å². The van der Waals surface area contributed by atoms with E-state index in [9.17, 15) is 14.7 Å². The van der Waals surface area contributed by atoms with E-state index in [1.807, 2.05) is 26.8 Å². The average Bonchev–Trinajstić information content (AvgIpc) is 2.91. The second-order valence-electron chi connectivity index (χ2n) is 7.23. The fraction of sp³-hybridized carbons (Fsp3) is 0.250. The fourth-order valence-electron chi connectivity index (χ4n) is 2.89. The number of hydrogen-bond donors (Lipinski definition) is 1. The van der Waals surface area contributed by atoms with Gasteiger partial charge in [-0.3, -0.25) is 9.78 Å². The summed E-state index contributed by atoms with van der Waals surface area (Å²) in [5.41, 5.74) is 2.28. The van der Waals surface area contributed by atoms with Crippen LogP contribution in [0.15, 0.2) is 36.5 Å². The van der Waals surface area contributed by atoms with E-state index in [2.05, 4.69) is 9.97 Å².